The number of halogens is 1. The molecule has 1 heterocycles. The number of nitriles is 1. The van der Waals surface area contributed by atoms with Gasteiger partial charge in [-0.15, -0.1) is 5.10 Å². The van der Waals surface area contributed by atoms with Crippen LogP contribution in [0.5, 0.6) is 5.75 Å². The third-order valence-electron chi connectivity index (χ3n) is 5.04. The van der Waals surface area contributed by atoms with E-state index in [-0.39, 0.29) is 23.5 Å². The Hall–Kier alpha value is -2.65. The van der Waals surface area contributed by atoms with Crippen molar-refractivity contribution in [2.75, 3.05) is 0 Å². The van der Waals surface area contributed by atoms with E-state index in [2.05, 4.69) is 36.3 Å². The summed E-state index contributed by atoms with van der Waals surface area (Å²) in [5.74, 6) is 0.469. The quantitative estimate of drug-likeness (QED) is 0.802. The highest BCUT2D eigenvalue weighted by Gasteiger charge is 2.25. The lowest BCUT2D eigenvalue weighted by Crippen LogP contribution is -2.40. The number of amides is 1. The van der Waals surface area contributed by atoms with Crippen molar-refractivity contribution in [3.63, 3.8) is 0 Å². The van der Waals surface area contributed by atoms with Crippen LogP contribution in [-0.4, -0.2) is 28.3 Å². The highest BCUT2D eigenvalue weighted by Crippen LogP contribution is 2.27. The Balaban J connectivity index is 1.50. The van der Waals surface area contributed by atoms with E-state index in [0.29, 0.717) is 22.0 Å². The van der Waals surface area contributed by atoms with Gasteiger partial charge in [0.15, 0.2) is 5.69 Å². The molecule has 1 aliphatic rings. The van der Waals surface area contributed by atoms with Crippen molar-refractivity contribution in [1.29, 1.82) is 5.26 Å². The average Bonchev–Trinajstić information content (AvgIpc) is 2.69. The number of nitrogens with zero attached hydrogens (tertiary/aromatic N) is 3. The minimum Gasteiger partial charge on any atom is -0.490 e. The first-order chi connectivity index (χ1) is 13.8. The zero-order chi connectivity index (χ0) is 21.0. The van der Waals surface area contributed by atoms with Gasteiger partial charge in [-0.3, -0.25) is 4.79 Å². The van der Waals surface area contributed by atoms with Crippen LogP contribution in [0.25, 0.3) is 0 Å². The van der Waals surface area contributed by atoms with Crippen LogP contribution in [0.3, 0.4) is 0 Å². The first-order valence-corrected chi connectivity index (χ1v) is 10.2. The Bertz CT molecular complexity index is 908. The molecule has 0 aliphatic heterocycles. The number of aromatic nitrogens is 2. The van der Waals surface area contributed by atoms with Crippen molar-refractivity contribution in [3.8, 4) is 11.8 Å². The molecule has 1 aliphatic carbocycles. The van der Waals surface area contributed by atoms with Gasteiger partial charge in [-0.1, -0.05) is 32.4 Å². The maximum absolute atomic E-state index is 12.5. The van der Waals surface area contributed by atoms with Gasteiger partial charge in [0.2, 0.25) is 0 Å². The monoisotopic (exact) mass is 412 g/mol. The molecule has 3 rings (SSSR count). The van der Waals surface area contributed by atoms with E-state index in [4.69, 9.17) is 21.6 Å². The number of benzene rings is 1. The predicted molar refractivity (Wildman–Crippen MR) is 111 cm³/mol. The normalized spacial score (nSPS) is 19.3. The van der Waals surface area contributed by atoms with Gasteiger partial charge in [0, 0.05) is 17.5 Å². The topological polar surface area (TPSA) is 87.9 Å². The summed E-state index contributed by atoms with van der Waals surface area (Å²) in [6.07, 6.45) is 3.38. The van der Waals surface area contributed by atoms with Crippen LogP contribution < -0.4 is 10.1 Å². The Kier molecular flexibility index (Phi) is 6.39. The van der Waals surface area contributed by atoms with Crippen molar-refractivity contribution in [2.24, 2.45) is 0 Å². The average molecular weight is 413 g/mol. The van der Waals surface area contributed by atoms with Gasteiger partial charge >= 0.3 is 0 Å². The van der Waals surface area contributed by atoms with E-state index in [0.717, 1.165) is 31.4 Å². The second kappa shape index (κ2) is 8.79. The molecule has 0 unspecified atom stereocenters. The van der Waals surface area contributed by atoms with E-state index >= 15 is 0 Å². The second-order valence-electron chi connectivity index (χ2n) is 8.37. The van der Waals surface area contributed by atoms with Gasteiger partial charge < -0.3 is 10.1 Å². The molecule has 2 aromatic rings. The van der Waals surface area contributed by atoms with Crippen molar-refractivity contribution in [3.05, 3.63) is 52.3 Å². The maximum atomic E-state index is 12.5. The SMILES string of the molecule is CC(C)(C)c1ccc(C(=O)NC2CCC(Oc3ccc(C#N)c(Cl)c3)CC2)nn1. The zero-order valence-electron chi connectivity index (χ0n) is 16.9. The number of carbonyl (C=O) groups is 1. The number of hydrogen-bond acceptors (Lipinski definition) is 5. The van der Waals surface area contributed by atoms with E-state index in [1.807, 2.05) is 12.1 Å². The van der Waals surface area contributed by atoms with Crippen LogP contribution in [0, 0.1) is 11.3 Å². The molecule has 0 saturated heterocycles. The molecule has 1 amide bonds. The lowest BCUT2D eigenvalue weighted by atomic mass is 9.92. The first-order valence-electron chi connectivity index (χ1n) is 9.77. The highest BCUT2D eigenvalue weighted by atomic mass is 35.5. The molecule has 0 spiro atoms. The molecule has 1 aromatic carbocycles. The lowest BCUT2D eigenvalue weighted by Gasteiger charge is -2.29. The molecule has 0 radical (unpaired) electrons. The van der Waals surface area contributed by atoms with Crippen molar-refractivity contribution < 1.29 is 9.53 Å². The molecule has 6 nitrogen and oxygen atoms in total. The Morgan fingerprint density at radius 1 is 1.17 bits per heavy atom. The summed E-state index contributed by atoms with van der Waals surface area (Å²) in [5, 5.41) is 20.6. The molecule has 1 saturated carbocycles. The minimum absolute atomic E-state index is 0.0676. The molecule has 7 heteroatoms. The molecule has 152 valence electrons. The summed E-state index contributed by atoms with van der Waals surface area (Å²) in [5.41, 5.74) is 1.53. The van der Waals surface area contributed by atoms with Crippen LogP contribution in [0.4, 0.5) is 0 Å². The van der Waals surface area contributed by atoms with Crippen LogP contribution >= 0.6 is 11.6 Å². The van der Waals surface area contributed by atoms with Gasteiger partial charge in [0.25, 0.3) is 5.91 Å². The maximum Gasteiger partial charge on any atom is 0.272 e. The summed E-state index contributed by atoms with van der Waals surface area (Å²) >= 11 is 6.06. The van der Waals surface area contributed by atoms with Gasteiger partial charge in [0.1, 0.15) is 11.8 Å². The third-order valence-corrected chi connectivity index (χ3v) is 5.35. The van der Waals surface area contributed by atoms with Gasteiger partial charge in [-0.05, 0) is 49.9 Å². The molecule has 1 aromatic heterocycles. The van der Waals surface area contributed by atoms with Crippen LogP contribution in [0.2, 0.25) is 5.02 Å². The first kappa shape index (κ1) is 21.1. The van der Waals surface area contributed by atoms with E-state index in [1.165, 1.54) is 0 Å². The van der Waals surface area contributed by atoms with Gasteiger partial charge in [-0.2, -0.15) is 10.4 Å². The molecular formula is C22H25ClN4O2. The Labute approximate surface area is 176 Å². The molecule has 0 bridgehead atoms. The molecule has 29 heavy (non-hydrogen) atoms. The molecule has 1 fully saturated rings. The van der Waals surface area contributed by atoms with Gasteiger partial charge in [-0.25, -0.2) is 0 Å². The molecular weight excluding hydrogens is 388 g/mol. The van der Waals surface area contributed by atoms with E-state index in [1.54, 1.807) is 24.3 Å². The standard InChI is InChI=1S/C22H25ClN4O2/c1-22(2,3)20-11-10-19(26-27-20)21(28)25-15-5-8-16(9-6-15)29-17-7-4-14(13-24)18(23)12-17/h4,7,10-12,15-16H,5-6,8-9H2,1-3H3,(H,25,28). The van der Waals surface area contributed by atoms with Crippen molar-refractivity contribution in [1.82, 2.24) is 15.5 Å². The largest absolute Gasteiger partial charge is 0.490 e. The summed E-state index contributed by atoms with van der Waals surface area (Å²) in [7, 11) is 0. The smallest absolute Gasteiger partial charge is 0.272 e. The zero-order valence-corrected chi connectivity index (χ0v) is 17.7. The summed E-state index contributed by atoms with van der Waals surface area (Å²) in [6.45, 7) is 6.18. The van der Waals surface area contributed by atoms with Crippen molar-refractivity contribution in [2.45, 2.75) is 64.0 Å². The van der Waals surface area contributed by atoms with E-state index in [9.17, 15) is 4.79 Å². The fraction of sp³-hybridized carbons (Fsp3) is 0.455. The Morgan fingerprint density at radius 2 is 1.90 bits per heavy atom. The number of ether oxygens (including phenoxy) is 1. The summed E-state index contributed by atoms with van der Waals surface area (Å²) < 4.78 is 5.99. The molecule has 0 atom stereocenters. The lowest BCUT2D eigenvalue weighted by molar-refractivity contribution is 0.0888. The second-order valence-corrected chi connectivity index (χ2v) is 8.78. The highest BCUT2D eigenvalue weighted by molar-refractivity contribution is 6.31. The summed E-state index contributed by atoms with van der Waals surface area (Å²) in [4.78, 5) is 12.5. The predicted octanol–water partition coefficient (Wildman–Crippen LogP) is 4.42. The minimum atomic E-state index is -0.193. The number of carbonyl (C=O) groups excluding carboxylic acids is 1. The Morgan fingerprint density at radius 3 is 2.45 bits per heavy atom. The third kappa shape index (κ3) is 5.45. The van der Waals surface area contributed by atoms with Crippen LogP contribution in [0.15, 0.2) is 30.3 Å². The molecule has 1 N–H and O–H groups in total. The number of nitrogens with one attached hydrogen (secondary N) is 1. The number of rotatable bonds is 4. The van der Waals surface area contributed by atoms with Crippen LogP contribution in [0.1, 0.15) is 68.2 Å². The summed E-state index contributed by atoms with van der Waals surface area (Å²) in [6, 6.07) is 10.8. The number of hydrogen-bond donors (Lipinski definition) is 1. The fourth-order valence-electron chi connectivity index (χ4n) is 3.29. The van der Waals surface area contributed by atoms with Crippen LogP contribution in [-0.2, 0) is 5.41 Å². The fourth-order valence-corrected chi connectivity index (χ4v) is 3.50. The van der Waals surface area contributed by atoms with Crippen molar-refractivity contribution >= 4 is 17.5 Å². The van der Waals surface area contributed by atoms with Gasteiger partial charge in [0.05, 0.1) is 22.4 Å². The van der Waals surface area contributed by atoms with E-state index < -0.39 is 0 Å².